The lowest BCUT2D eigenvalue weighted by Gasteiger charge is -2.30. The number of fused-ring (bicyclic) bond motifs is 1. The van der Waals surface area contributed by atoms with Gasteiger partial charge < -0.3 is 20.9 Å². The van der Waals surface area contributed by atoms with Crippen LogP contribution < -0.4 is 16.0 Å². The van der Waals surface area contributed by atoms with Crippen molar-refractivity contribution in [2.45, 2.75) is 45.3 Å². The monoisotopic (exact) mass is 432 g/mol. The van der Waals surface area contributed by atoms with E-state index in [1.807, 2.05) is 24.3 Å². The summed E-state index contributed by atoms with van der Waals surface area (Å²) in [5.41, 5.74) is 2.91. The van der Waals surface area contributed by atoms with Crippen molar-refractivity contribution in [1.82, 2.24) is 20.3 Å². The second-order valence-electron chi connectivity index (χ2n) is 7.68. The highest BCUT2D eigenvalue weighted by molar-refractivity contribution is 5.88. The molecular formula is C22H27F3N6. The van der Waals surface area contributed by atoms with Crippen LogP contribution in [0.4, 0.5) is 30.6 Å². The molecule has 0 saturated heterocycles. The van der Waals surface area contributed by atoms with E-state index < -0.39 is 12.7 Å². The van der Waals surface area contributed by atoms with Crippen LogP contribution in [-0.4, -0.2) is 33.2 Å². The van der Waals surface area contributed by atoms with Crippen LogP contribution >= 0.6 is 0 Å². The molecule has 0 amide bonds. The Bertz CT molecular complexity index is 1040. The van der Waals surface area contributed by atoms with Gasteiger partial charge in [0.1, 0.15) is 18.0 Å². The second kappa shape index (κ2) is 8.87. The molecule has 2 heterocycles. The molecule has 0 aliphatic carbocycles. The smallest absolute Gasteiger partial charge is 0.380 e. The van der Waals surface area contributed by atoms with Gasteiger partial charge in [0.15, 0.2) is 0 Å². The molecule has 9 heteroatoms. The Morgan fingerprint density at radius 2 is 1.74 bits per heavy atom. The zero-order chi connectivity index (χ0) is 22.6. The zero-order valence-electron chi connectivity index (χ0n) is 17.8. The predicted octanol–water partition coefficient (Wildman–Crippen LogP) is 5.81. The lowest BCUT2D eigenvalue weighted by Crippen LogP contribution is -2.39. The number of hydrogen-bond acceptors (Lipinski definition) is 5. The molecule has 0 aliphatic rings. The van der Waals surface area contributed by atoms with Gasteiger partial charge in [0.25, 0.3) is 0 Å². The summed E-state index contributed by atoms with van der Waals surface area (Å²) in [6.45, 7) is 9.39. The Morgan fingerprint density at radius 1 is 1.06 bits per heavy atom. The lowest BCUT2D eigenvalue weighted by molar-refractivity contribution is -0.115. The standard InChI is InChI=1S/C22H27F3N6/c1-5-21(4,6-2)31-14(3)15-7-9-16(10-8-15)28-20-29-18-17(11-12-26-18)19(30-20)27-13-22(23,24)25/h7-12,31H,3,5-6,13H2,1-2,4H3,(H3,26,27,28,29,30). The average molecular weight is 432 g/mol. The van der Waals surface area contributed by atoms with Gasteiger partial charge in [-0.2, -0.15) is 23.1 Å². The number of nitrogens with zero attached hydrogens (tertiary/aromatic N) is 2. The normalized spacial score (nSPS) is 12.1. The Morgan fingerprint density at radius 3 is 2.35 bits per heavy atom. The SMILES string of the molecule is C=C(NC(C)(CC)CC)c1ccc(Nc2nc(NCC(F)(F)F)c3cc[nH]c3n2)cc1. The fourth-order valence-corrected chi connectivity index (χ4v) is 3.06. The van der Waals surface area contributed by atoms with E-state index in [0.717, 1.165) is 24.1 Å². The Labute approximate surface area is 179 Å². The van der Waals surface area contributed by atoms with Gasteiger partial charge in [0, 0.05) is 23.1 Å². The van der Waals surface area contributed by atoms with Crippen LogP contribution in [0.25, 0.3) is 16.7 Å². The Hall–Kier alpha value is -3.23. The summed E-state index contributed by atoms with van der Waals surface area (Å²) >= 11 is 0. The first kappa shape index (κ1) is 22.5. The third kappa shape index (κ3) is 5.68. The van der Waals surface area contributed by atoms with Crippen molar-refractivity contribution in [2.24, 2.45) is 0 Å². The molecule has 3 aromatic rings. The van der Waals surface area contributed by atoms with Crippen LogP contribution in [0.15, 0.2) is 43.1 Å². The van der Waals surface area contributed by atoms with Crippen LogP contribution in [0.2, 0.25) is 0 Å². The van der Waals surface area contributed by atoms with Crippen molar-refractivity contribution in [3.05, 3.63) is 48.7 Å². The molecule has 0 saturated carbocycles. The third-order valence-corrected chi connectivity index (χ3v) is 5.37. The molecule has 0 atom stereocenters. The quantitative estimate of drug-likeness (QED) is 0.343. The molecule has 0 aliphatic heterocycles. The van der Waals surface area contributed by atoms with Crippen molar-refractivity contribution in [1.29, 1.82) is 0 Å². The van der Waals surface area contributed by atoms with Gasteiger partial charge in [0.05, 0.1) is 5.39 Å². The minimum atomic E-state index is -4.35. The molecule has 0 fully saturated rings. The number of benzene rings is 1. The highest BCUT2D eigenvalue weighted by Gasteiger charge is 2.27. The number of aromatic nitrogens is 3. The van der Waals surface area contributed by atoms with Gasteiger partial charge in [-0.25, -0.2) is 0 Å². The summed E-state index contributed by atoms with van der Waals surface area (Å²) in [5.74, 6) is 0.299. The van der Waals surface area contributed by atoms with Crippen LogP contribution in [0.1, 0.15) is 39.2 Å². The molecule has 2 aromatic heterocycles. The summed E-state index contributed by atoms with van der Waals surface area (Å²) in [4.78, 5) is 11.5. The molecule has 4 N–H and O–H groups in total. The van der Waals surface area contributed by atoms with E-state index in [1.165, 1.54) is 0 Å². The van der Waals surface area contributed by atoms with Crippen molar-refractivity contribution >= 4 is 34.2 Å². The van der Waals surface area contributed by atoms with E-state index in [9.17, 15) is 13.2 Å². The maximum Gasteiger partial charge on any atom is 0.405 e. The minimum Gasteiger partial charge on any atom is -0.380 e. The van der Waals surface area contributed by atoms with E-state index in [4.69, 9.17) is 0 Å². The fourth-order valence-electron chi connectivity index (χ4n) is 3.06. The number of nitrogens with one attached hydrogen (secondary N) is 4. The second-order valence-corrected chi connectivity index (χ2v) is 7.68. The molecule has 0 unspecified atom stereocenters. The van der Waals surface area contributed by atoms with Crippen LogP contribution in [0.3, 0.4) is 0 Å². The number of halogens is 3. The molecule has 31 heavy (non-hydrogen) atoms. The third-order valence-electron chi connectivity index (χ3n) is 5.37. The van der Waals surface area contributed by atoms with Crippen LogP contribution in [-0.2, 0) is 0 Å². The number of rotatable bonds is 9. The minimum absolute atomic E-state index is 0.0207. The first-order chi connectivity index (χ1) is 14.6. The first-order valence-corrected chi connectivity index (χ1v) is 10.1. The predicted molar refractivity (Wildman–Crippen MR) is 119 cm³/mol. The molecule has 6 nitrogen and oxygen atoms in total. The zero-order valence-corrected chi connectivity index (χ0v) is 17.8. The van der Waals surface area contributed by atoms with Crippen molar-refractivity contribution in [3.63, 3.8) is 0 Å². The van der Waals surface area contributed by atoms with Crippen LogP contribution in [0.5, 0.6) is 0 Å². The summed E-state index contributed by atoms with van der Waals surface area (Å²) in [7, 11) is 0. The van der Waals surface area contributed by atoms with Gasteiger partial charge in [-0.05, 0) is 43.5 Å². The van der Waals surface area contributed by atoms with Gasteiger partial charge in [0.2, 0.25) is 5.95 Å². The van der Waals surface area contributed by atoms with Gasteiger partial charge in [-0.3, -0.25) is 0 Å². The van der Waals surface area contributed by atoms with E-state index in [2.05, 4.69) is 58.3 Å². The van der Waals surface area contributed by atoms with E-state index in [1.54, 1.807) is 12.3 Å². The molecule has 0 radical (unpaired) electrons. The molecule has 0 spiro atoms. The van der Waals surface area contributed by atoms with Crippen LogP contribution in [0, 0.1) is 0 Å². The van der Waals surface area contributed by atoms with Gasteiger partial charge >= 0.3 is 6.18 Å². The van der Waals surface area contributed by atoms with E-state index in [0.29, 0.717) is 16.7 Å². The maximum absolute atomic E-state index is 12.6. The topological polar surface area (TPSA) is 77.7 Å². The average Bonchev–Trinajstić information content (AvgIpc) is 3.20. The number of aromatic amines is 1. The van der Waals surface area contributed by atoms with Crippen molar-refractivity contribution < 1.29 is 13.2 Å². The van der Waals surface area contributed by atoms with E-state index >= 15 is 0 Å². The largest absolute Gasteiger partial charge is 0.405 e. The lowest BCUT2D eigenvalue weighted by atomic mass is 9.94. The van der Waals surface area contributed by atoms with Crippen molar-refractivity contribution in [2.75, 3.05) is 17.2 Å². The van der Waals surface area contributed by atoms with Gasteiger partial charge in [-0.1, -0.05) is 32.6 Å². The molecular weight excluding hydrogens is 405 g/mol. The summed E-state index contributed by atoms with van der Waals surface area (Å²) in [6.07, 6.45) is -0.786. The molecule has 1 aromatic carbocycles. The first-order valence-electron chi connectivity index (χ1n) is 10.1. The Balaban J connectivity index is 1.76. The summed E-state index contributed by atoms with van der Waals surface area (Å²) < 4.78 is 37.9. The fraction of sp³-hybridized carbons (Fsp3) is 0.364. The molecule has 0 bridgehead atoms. The highest BCUT2D eigenvalue weighted by Crippen LogP contribution is 2.26. The number of H-pyrrole nitrogens is 1. The van der Waals surface area contributed by atoms with Gasteiger partial charge in [-0.15, -0.1) is 0 Å². The summed E-state index contributed by atoms with van der Waals surface area (Å²) in [5, 5.41) is 9.36. The summed E-state index contributed by atoms with van der Waals surface area (Å²) in [6, 6.07) is 9.16. The number of alkyl halides is 3. The Kier molecular flexibility index (Phi) is 6.42. The molecule has 166 valence electrons. The highest BCUT2D eigenvalue weighted by atomic mass is 19.4. The number of anilines is 3. The van der Waals surface area contributed by atoms with E-state index in [-0.39, 0.29) is 17.3 Å². The number of hydrogen-bond donors (Lipinski definition) is 4. The van der Waals surface area contributed by atoms with Crippen molar-refractivity contribution in [3.8, 4) is 0 Å². The molecule has 3 rings (SSSR count). The maximum atomic E-state index is 12.6.